The normalized spacial score (nSPS) is 21.9. The zero-order valence-corrected chi connectivity index (χ0v) is 23.0. The van der Waals surface area contributed by atoms with E-state index in [0.717, 1.165) is 16.8 Å². The molecule has 0 unspecified atom stereocenters. The first-order valence-corrected chi connectivity index (χ1v) is 13.9. The lowest BCUT2D eigenvalue weighted by atomic mass is 9.64. The van der Waals surface area contributed by atoms with Gasteiger partial charge >= 0.3 is 0 Å². The summed E-state index contributed by atoms with van der Waals surface area (Å²) in [6.07, 6.45) is 3.80. The number of carbonyl (C=O) groups is 3. The van der Waals surface area contributed by atoms with Crippen LogP contribution in [0.25, 0.3) is 6.08 Å². The third-order valence-electron chi connectivity index (χ3n) is 8.60. The first kappa shape index (κ1) is 25.0. The summed E-state index contributed by atoms with van der Waals surface area (Å²) in [6, 6.07) is 25.5. The van der Waals surface area contributed by atoms with Gasteiger partial charge in [0.25, 0.3) is 0 Å². The number of hydrogen-bond donors (Lipinski definition) is 0. The number of nitrogens with zero attached hydrogens (tertiary/aromatic N) is 1. The lowest BCUT2D eigenvalue weighted by Crippen LogP contribution is -2.48. The van der Waals surface area contributed by atoms with E-state index in [4.69, 9.17) is 23.2 Å². The third-order valence-corrected chi connectivity index (χ3v) is 9.09. The molecule has 1 spiro atoms. The van der Waals surface area contributed by atoms with Gasteiger partial charge < -0.3 is 4.90 Å². The summed E-state index contributed by atoms with van der Waals surface area (Å²) in [5.41, 5.74) is 3.09. The molecule has 3 atom stereocenters. The number of fused-ring (bicyclic) bond motifs is 5. The van der Waals surface area contributed by atoms with Crippen molar-refractivity contribution in [2.75, 3.05) is 4.90 Å². The number of hydrogen-bond acceptors (Lipinski definition) is 4. The molecule has 4 aromatic rings. The average Bonchev–Trinajstić information content (AvgIpc) is 3.39. The van der Waals surface area contributed by atoms with Gasteiger partial charge in [-0.3, -0.25) is 14.4 Å². The maximum absolute atomic E-state index is 14.6. The average molecular weight is 564 g/mol. The Hall–Kier alpha value is -3.99. The van der Waals surface area contributed by atoms with Crippen LogP contribution >= 0.6 is 23.2 Å². The largest absolute Gasteiger partial charge is 0.352 e. The number of rotatable bonds is 3. The van der Waals surface area contributed by atoms with E-state index in [2.05, 4.69) is 0 Å². The minimum Gasteiger partial charge on any atom is -0.352 e. The van der Waals surface area contributed by atoms with Crippen LogP contribution in [0.2, 0.25) is 10.0 Å². The maximum Gasteiger partial charge on any atom is 0.185 e. The van der Waals surface area contributed by atoms with E-state index in [1.54, 1.807) is 42.5 Å². The molecule has 1 fully saturated rings. The van der Waals surface area contributed by atoms with Gasteiger partial charge in [0.2, 0.25) is 0 Å². The molecule has 2 aliphatic heterocycles. The van der Waals surface area contributed by atoms with Gasteiger partial charge in [-0.05, 0) is 48.4 Å². The van der Waals surface area contributed by atoms with Crippen molar-refractivity contribution in [2.24, 2.45) is 5.41 Å². The van der Waals surface area contributed by atoms with Gasteiger partial charge in [-0.1, -0.05) is 102 Å². The molecule has 0 N–H and O–H groups in total. The van der Waals surface area contributed by atoms with Crippen LogP contribution in [-0.4, -0.2) is 29.4 Å². The number of Topliss-reactive ketones (excluding diaryl/α,β-unsaturated/α-hetero) is 3. The van der Waals surface area contributed by atoms with Crippen LogP contribution in [0.3, 0.4) is 0 Å². The number of aryl methyl sites for hydroxylation is 1. The highest BCUT2D eigenvalue weighted by molar-refractivity contribution is 6.33. The topological polar surface area (TPSA) is 54.5 Å². The molecule has 3 aliphatic rings. The van der Waals surface area contributed by atoms with Crippen LogP contribution in [0, 0.1) is 12.3 Å². The standard InChI is InChI=1S/C34H23Cl2NO3/c1-19-6-8-21(9-7-19)31(38)30-29(20-10-13-23(35)14-11-20)34(32(39)25-4-2-3-5-26(25)33(34)40)28-17-12-22-18-24(36)15-16-27(22)37(28)30/h2-18,28-30H,1H3/t28-,29+,30-/m0/s1. The molecule has 0 aromatic heterocycles. The third kappa shape index (κ3) is 3.36. The first-order chi connectivity index (χ1) is 19.3. The fraction of sp³-hybridized carbons (Fsp3) is 0.147. The molecule has 4 nitrogen and oxygen atoms in total. The molecule has 0 saturated carbocycles. The monoisotopic (exact) mass is 563 g/mol. The van der Waals surface area contributed by atoms with Crippen molar-refractivity contribution < 1.29 is 14.4 Å². The Kier molecular flexibility index (Phi) is 5.64. The van der Waals surface area contributed by atoms with Crippen molar-refractivity contribution in [1.29, 1.82) is 0 Å². The Morgan fingerprint density at radius 2 is 1.43 bits per heavy atom. The van der Waals surface area contributed by atoms with E-state index < -0.39 is 23.4 Å². The highest BCUT2D eigenvalue weighted by Gasteiger charge is 2.71. The smallest absolute Gasteiger partial charge is 0.185 e. The van der Waals surface area contributed by atoms with Crippen molar-refractivity contribution in [1.82, 2.24) is 0 Å². The molecule has 7 rings (SSSR count). The van der Waals surface area contributed by atoms with Gasteiger partial charge in [-0.2, -0.15) is 0 Å². The van der Waals surface area contributed by atoms with Gasteiger partial charge in [-0.15, -0.1) is 0 Å². The Labute approximate surface area is 241 Å². The van der Waals surface area contributed by atoms with Crippen LogP contribution < -0.4 is 4.90 Å². The van der Waals surface area contributed by atoms with E-state index >= 15 is 0 Å². The van der Waals surface area contributed by atoms with Gasteiger partial charge in [0, 0.05) is 38.3 Å². The molecule has 196 valence electrons. The Balaban J connectivity index is 1.54. The minimum atomic E-state index is -1.55. The quantitative estimate of drug-likeness (QED) is 0.190. The zero-order valence-electron chi connectivity index (χ0n) is 21.5. The van der Waals surface area contributed by atoms with Gasteiger partial charge in [0.05, 0.1) is 6.04 Å². The van der Waals surface area contributed by atoms with Crippen molar-refractivity contribution in [3.05, 3.63) is 140 Å². The number of carbonyl (C=O) groups excluding carboxylic acids is 3. The number of anilines is 1. The molecular weight excluding hydrogens is 541 g/mol. The molecule has 4 aromatic carbocycles. The van der Waals surface area contributed by atoms with Crippen LogP contribution in [0.1, 0.15) is 53.7 Å². The predicted molar refractivity (Wildman–Crippen MR) is 158 cm³/mol. The van der Waals surface area contributed by atoms with Crippen molar-refractivity contribution in [2.45, 2.75) is 24.9 Å². The molecule has 1 aliphatic carbocycles. The van der Waals surface area contributed by atoms with E-state index in [1.165, 1.54) is 0 Å². The van der Waals surface area contributed by atoms with E-state index in [0.29, 0.717) is 32.3 Å². The molecule has 6 heteroatoms. The lowest BCUT2D eigenvalue weighted by molar-refractivity contribution is 0.0666. The van der Waals surface area contributed by atoms with Crippen LogP contribution in [0.5, 0.6) is 0 Å². The van der Waals surface area contributed by atoms with E-state index in [9.17, 15) is 14.4 Å². The lowest BCUT2D eigenvalue weighted by Gasteiger charge is -2.37. The Morgan fingerprint density at radius 3 is 2.08 bits per heavy atom. The molecule has 0 amide bonds. The molecule has 40 heavy (non-hydrogen) atoms. The summed E-state index contributed by atoms with van der Waals surface area (Å²) < 4.78 is 0. The minimum absolute atomic E-state index is 0.158. The fourth-order valence-electron chi connectivity index (χ4n) is 6.88. The predicted octanol–water partition coefficient (Wildman–Crippen LogP) is 7.62. The summed E-state index contributed by atoms with van der Waals surface area (Å²) in [7, 11) is 0. The van der Waals surface area contributed by atoms with Crippen molar-refractivity contribution >= 4 is 52.3 Å². The number of ketones is 3. The number of benzene rings is 4. The van der Waals surface area contributed by atoms with Crippen molar-refractivity contribution in [3.63, 3.8) is 0 Å². The van der Waals surface area contributed by atoms with Gasteiger partial charge in [0.1, 0.15) is 11.5 Å². The van der Waals surface area contributed by atoms with Gasteiger partial charge in [-0.25, -0.2) is 0 Å². The summed E-state index contributed by atoms with van der Waals surface area (Å²) in [5.74, 6) is -1.45. The molecule has 0 bridgehead atoms. The van der Waals surface area contributed by atoms with Crippen LogP contribution in [-0.2, 0) is 0 Å². The summed E-state index contributed by atoms with van der Waals surface area (Å²) in [5, 5.41) is 1.09. The second-order valence-electron chi connectivity index (χ2n) is 10.7. The van der Waals surface area contributed by atoms with E-state index in [-0.39, 0.29) is 17.3 Å². The number of halogens is 2. The van der Waals surface area contributed by atoms with Crippen LogP contribution in [0.4, 0.5) is 5.69 Å². The first-order valence-electron chi connectivity index (χ1n) is 13.1. The molecular formula is C34H23Cl2NO3. The highest BCUT2D eigenvalue weighted by atomic mass is 35.5. The van der Waals surface area contributed by atoms with Gasteiger partial charge in [0.15, 0.2) is 17.3 Å². The molecule has 1 saturated heterocycles. The second-order valence-corrected chi connectivity index (χ2v) is 11.6. The summed E-state index contributed by atoms with van der Waals surface area (Å²) >= 11 is 12.6. The van der Waals surface area contributed by atoms with Crippen LogP contribution in [0.15, 0.2) is 97.1 Å². The Morgan fingerprint density at radius 1 is 0.800 bits per heavy atom. The fourth-order valence-corrected chi connectivity index (χ4v) is 7.19. The summed E-state index contributed by atoms with van der Waals surface area (Å²) in [6.45, 7) is 1.97. The maximum atomic E-state index is 14.6. The zero-order chi connectivity index (χ0) is 27.8. The molecule has 0 radical (unpaired) electrons. The van der Waals surface area contributed by atoms with E-state index in [1.807, 2.05) is 72.5 Å². The highest BCUT2D eigenvalue weighted by Crippen LogP contribution is 2.61. The SMILES string of the molecule is Cc1ccc(C(=O)[C@@H]2[C@@H](c3ccc(Cl)cc3)C3(C(=O)c4ccccc4C3=O)[C@@H]3C=Cc4cc(Cl)ccc4N23)cc1. The Bertz CT molecular complexity index is 1720. The van der Waals surface area contributed by atoms with Crippen molar-refractivity contribution in [3.8, 4) is 0 Å². The molecule has 2 heterocycles. The second kappa shape index (κ2) is 9.02. The summed E-state index contributed by atoms with van der Waals surface area (Å²) in [4.78, 5) is 45.8.